The number of hydrogen-bond donors (Lipinski definition) is 3. The smallest absolute Gasteiger partial charge is 0.394 e. The first-order chi connectivity index (χ1) is 26.2. The third kappa shape index (κ3) is 10.2. The van der Waals surface area contributed by atoms with Crippen LogP contribution in [0.5, 0.6) is 0 Å². The van der Waals surface area contributed by atoms with E-state index in [9.17, 15) is 36.9 Å². The Morgan fingerprint density at radius 2 is 1.68 bits per heavy atom. The lowest BCUT2D eigenvalue weighted by atomic mass is 9.88. The molecule has 1 atom stereocenters. The van der Waals surface area contributed by atoms with Gasteiger partial charge in [-0.15, -0.1) is 5.06 Å². The van der Waals surface area contributed by atoms with Crippen molar-refractivity contribution < 1.29 is 59.4 Å². The molecule has 15 nitrogen and oxygen atoms in total. The Morgan fingerprint density at radius 3 is 2.32 bits per heavy atom. The summed E-state index contributed by atoms with van der Waals surface area (Å²) in [5.41, 5.74) is 3.32. The fourth-order valence-corrected chi connectivity index (χ4v) is 7.68. The molecule has 4 amide bonds. The Kier molecular flexibility index (Phi) is 12.8. The number of carbonyl (C=O) groups is 5. The predicted molar refractivity (Wildman–Crippen MR) is 202 cm³/mol. The largest absolute Gasteiger partial charge is 0.737 e. The number of carbonyl (C=O) groups excluding carboxylic acids is 5. The fourth-order valence-electron chi connectivity index (χ4n) is 7.03. The van der Waals surface area contributed by atoms with Crippen LogP contribution in [0, 0.1) is 6.92 Å². The molecule has 1 aromatic carbocycles. The molecule has 1 fully saturated rings. The van der Waals surface area contributed by atoms with Gasteiger partial charge in [-0.1, -0.05) is 18.2 Å². The van der Waals surface area contributed by atoms with E-state index >= 15 is 8.63 Å². The van der Waals surface area contributed by atoms with Gasteiger partial charge in [0.1, 0.15) is 11.8 Å². The molecule has 0 radical (unpaired) electrons. The van der Waals surface area contributed by atoms with Crippen molar-refractivity contribution in [2.75, 3.05) is 40.0 Å². The van der Waals surface area contributed by atoms with E-state index in [0.717, 1.165) is 32.0 Å². The van der Waals surface area contributed by atoms with Gasteiger partial charge >= 0.3 is 12.9 Å². The number of nitrogens with zero attached hydrogens (tertiary/aromatic N) is 4. The van der Waals surface area contributed by atoms with Gasteiger partial charge in [0.15, 0.2) is 11.4 Å². The van der Waals surface area contributed by atoms with Crippen LogP contribution in [0.1, 0.15) is 73.9 Å². The molecule has 0 bridgehead atoms. The number of amides is 4. The van der Waals surface area contributed by atoms with Gasteiger partial charge in [0, 0.05) is 67.6 Å². The highest BCUT2D eigenvalue weighted by Gasteiger charge is 2.54. The number of rotatable bonds is 18. The Bertz CT molecular complexity index is 2090. The first-order valence-corrected chi connectivity index (χ1v) is 20.1. The van der Waals surface area contributed by atoms with E-state index in [1.54, 1.807) is 43.3 Å². The standard InChI is InChI=1S/C37H47BF2N6O9S/c1-25-21-28(43-30(25)23-32-27(13-10-20-46(2,3)4)22-31(44(32)38(43,39)40)26-11-6-5-7-12-26)15-16-33(47)42-29(24-56(52,53)54)37(51)41-19-9-8-14-36(50)55-45-34(48)17-18-35(45)49/h5-7,11-12,21-23,29H,8-10,13-20,24H2,1-4H3,(H2-,41,42,47,51,52,53,54)/p+1. The third-order valence-corrected chi connectivity index (χ3v) is 10.5. The van der Waals surface area contributed by atoms with E-state index in [2.05, 4.69) is 31.8 Å². The fraction of sp³-hybridized carbons (Fsp3) is 0.459. The van der Waals surface area contributed by atoms with Crippen molar-refractivity contribution in [3.05, 3.63) is 76.3 Å². The summed E-state index contributed by atoms with van der Waals surface area (Å²) in [6, 6.07) is 8.86. The van der Waals surface area contributed by atoms with Crippen LogP contribution in [-0.4, -0.2) is 120 Å². The highest BCUT2D eigenvalue weighted by Crippen LogP contribution is 2.39. The second kappa shape index (κ2) is 17.0. The Labute approximate surface area is 324 Å². The second-order valence-electron chi connectivity index (χ2n) is 15.3. The number of nitrogens with one attached hydrogen (secondary N) is 2. The lowest BCUT2D eigenvalue weighted by molar-refractivity contribution is -0.870. The molecule has 0 spiro atoms. The maximum atomic E-state index is 17.0. The minimum absolute atomic E-state index is 0.0490. The molecule has 3 aliphatic rings. The van der Waals surface area contributed by atoms with Gasteiger partial charge in [-0.25, -0.2) is 4.79 Å². The van der Waals surface area contributed by atoms with Gasteiger partial charge < -0.3 is 37.6 Å². The van der Waals surface area contributed by atoms with Gasteiger partial charge in [-0.05, 0) is 62.1 Å². The summed E-state index contributed by atoms with van der Waals surface area (Å²) in [4.78, 5) is 66.0. The highest BCUT2D eigenvalue weighted by molar-refractivity contribution is 7.85. The number of halogens is 2. The molecule has 4 heterocycles. The normalized spacial score (nSPS) is 16.9. The number of hydrogen-bond acceptors (Lipinski definition) is 8. The molecule has 5 rings (SSSR count). The van der Waals surface area contributed by atoms with Crippen LogP contribution in [0.25, 0.3) is 6.08 Å². The van der Waals surface area contributed by atoms with Gasteiger partial charge in [0.2, 0.25) is 11.8 Å². The van der Waals surface area contributed by atoms with Crippen LogP contribution in [-0.2, 0) is 45.3 Å². The third-order valence-electron chi connectivity index (χ3n) is 9.70. The zero-order valence-corrected chi connectivity index (χ0v) is 32.7. The second-order valence-corrected chi connectivity index (χ2v) is 16.8. The number of fused-ring (bicyclic) bond motifs is 2. The van der Waals surface area contributed by atoms with E-state index in [1.807, 2.05) is 12.1 Å². The van der Waals surface area contributed by atoms with Crippen molar-refractivity contribution in [3.63, 3.8) is 0 Å². The average molecular weight is 802 g/mol. The average Bonchev–Trinajstić information content (AvgIpc) is 3.75. The van der Waals surface area contributed by atoms with Gasteiger partial charge in [0.25, 0.3) is 21.9 Å². The molecule has 2 aromatic rings. The molecular formula is C37H48BF2N6O9S+. The summed E-state index contributed by atoms with van der Waals surface area (Å²) < 4.78 is 69.7. The molecule has 1 aromatic heterocycles. The Morgan fingerprint density at radius 1 is 1.00 bits per heavy atom. The van der Waals surface area contributed by atoms with Crippen molar-refractivity contribution in [2.24, 2.45) is 0 Å². The summed E-state index contributed by atoms with van der Waals surface area (Å²) in [6.45, 7) is -1.93. The van der Waals surface area contributed by atoms with Crippen LogP contribution in [0.15, 0.2) is 53.7 Å². The van der Waals surface area contributed by atoms with Crippen LogP contribution in [0.3, 0.4) is 0 Å². The van der Waals surface area contributed by atoms with Gasteiger partial charge in [-0.3, -0.25) is 23.7 Å². The van der Waals surface area contributed by atoms with E-state index in [-0.39, 0.29) is 57.2 Å². The first-order valence-electron chi connectivity index (χ1n) is 18.5. The zero-order valence-electron chi connectivity index (χ0n) is 31.9. The predicted octanol–water partition coefficient (Wildman–Crippen LogP) is 2.50. The number of imide groups is 1. The minimum atomic E-state index is -4.74. The molecule has 3 aliphatic heterocycles. The number of benzene rings is 1. The van der Waals surface area contributed by atoms with Crippen molar-refractivity contribution in [2.45, 2.75) is 70.8 Å². The molecular weight excluding hydrogens is 753 g/mol. The van der Waals surface area contributed by atoms with Crippen LogP contribution < -0.4 is 10.6 Å². The van der Waals surface area contributed by atoms with Gasteiger partial charge in [-0.2, -0.15) is 8.42 Å². The van der Waals surface area contributed by atoms with Crippen molar-refractivity contribution >= 4 is 58.5 Å². The quantitative estimate of drug-likeness (QED) is 0.0671. The monoisotopic (exact) mass is 801 g/mol. The number of quaternary nitrogens is 1. The van der Waals surface area contributed by atoms with E-state index in [1.165, 1.54) is 0 Å². The van der Waals surface area contributed by atoms with Crippen molar-refractivity contribution in [1.82, 2.24) is 20.2 Å². The van der Waals surface area contributed by atoms with Crippen molar-refractivity contribution in [1.29, 1.82) is 0 Å². The number of aryl methyl sites for hydroxylation is 2. The minimum Gasteiger partial charge on any atom is -0.394 e. The summed E-state index contributed by atoms with van der Waals surface area (Å²) in [6.07, 6.45) is 4.53. The molecule has 1 saturated heterocycles. The number of aromatic nitrogens is 1. The van der Waals surface area contributed by atoms with Crippen LogP contribution in [0.4, 0.5) is 8.63 Å². The molecule has 302 valence electrons. The summed E-state index contributed by atoms with van der Waals surface area (Å²) in [5, 5.41) is 5.17. The van der Waals surface area contributed by atoms with E-state index in [0.29, 0.717) is 39.7 Å². The molecule has 1 unspecified atom stereocenters. The lowest BCUT2D eigenvalue weighted by Gasteiger charge is -2.32. The van der Waals surface area contributed by atoms with Gasteiger partial charge in [0.05, 0.1) is 27.7 Å². The summed E-state index contributed by atoms with van der Waals surface area (Å²) >= 11 is 0. The molecule has 0 saturated carbocycles. The number of hydroxylamine groups is 2. The molecule has 0 aliphatic carbocycles. The first kappa shape index (κ1) is 42.1. The van der Waals surface area contributed by atoms with Crippen LogP contribution in [0.2, 0.25) is 0 Å². The zero-order chi connectivity index (χ0) is 41.0. The maximum Gasteiger partial charge on any atom is 0.737 e. The molecule has 56 heavy (non-hydrogen) atoms. The summed E-state index contributed by atoms with van der Waals surface area (Å²) in [7, 11) is 1.49. The van der Waals surface area contributed by atoms with Crippen molar-refractivity contribution in [3.8, 4) is 0 Å². The molecule has 19 heteroatoms. The maximum absolute atomic E-state index is 17.0. The number of allylic oxidation sites excluding steroid dienone is 2. The van der Waals surface area contributed by atoms with Crippen LogP contribution >= 0.6 is 0 Å². The lowest BCUT2D eigenvalue weighted by Crippen LogP contribution is -2.51. The summed E-state index contributed by atoms with van der Waals surface area (Å²) in [5.74, 6) is -4.94. The Balaban J connectivity index is 1.25. The van der Waals surface area contributed by atoms with E-state index in [4.69, 9.17) is 4.84 Å². The number of unbranched alkanes of at least 4 members (excludes halogenated alkanes) is 1. The SMILES string of the molecule is Cc1cc(CCC(=O)NC(CS(=O)(=O)O)C(=O)NCCCCC(=O)ON2C(=O)CCC2=O)n2c1C=C1C(CCC[N+](C)(C)C)=CC(c3ccccc3)=[N+]1[B-]2(F)F. The topological polar surface area (TPSA) is 184 Å². The highest BCUT2D eigenvalue weighted by atomic mass is 32.2. The van der Waals surface area contributed by atoms with E-state index < -0.39 is 58.5 Å². The Hall–Kier alpha value is -5.01. The molecule has 3 N–H and O–H groups in total.